The number of hydrogen-bond donors (Lipinski definition) is 1. The highest BCUT2D eigenvalue weighted by atomic mass is 32.2. The van der Waals surface area contributed by atoms with Crippen LogP contribution in [0.4, 0.5) is 0 Å². The van der Waals surface area contributed by atoms with Gasteiger partial charge < -0.3 is 10.1 Å². The van der Waals surface area contributed by atoms with Crippen LogP contribution in [0.15, 0.2) is 42.1 Å². The molecule has 0 aliphatic rings. The van der Waals surface area contributed by atoms with Gasteiger partial charge in [-0.05, 0) is 37.8 Å². The number of hydrogen-bond acceptors (Lipinski definition) is 5. The predicted molar refractivity (Wildman–Crippen MR) is 115 cm³/mol. The summed E-state index contributed by atoms with van der Waals surface area (Å²) in [6.07, 6.45) is 3.88. The van der Waals surface area contributed by atoms with Crippen LogP contribution >= 0.6 is 11.8 Å². The van der Waals surface area contributed by atoms with Gasteiger partial charge in [0.15, 0.2) is 11.0 Å². The van der Waals surface area contributed by atoms with Crippen LogP contribution in [-0.4, -0.2) is 39.6 Å². The lowest BCUT2D eigenvalue weighted by Crippen LogP contribution is -2.34. The van der Waals surface area contributed by atoms with Crippen LogP contribution in [0, 0.1) is 5.92 Å². The first-order valence-corrected chi connectivity index (χ1v) is 10.5. The molecular formula is C21H30N4O2S. The monoisotopic (exact) mass is 402 g/mol. The maximum Gasteiger partial charge on any atom is 0.230 e. The standard InChI is InChI=1S/C21H30N4O2S/c1-6-13-25-20(17-9-7-8-10-18(17)27-5)23-24-21(25)28-14-19(26)22-16(4)12-11-15(2)3/h6-10,15-16H,1,11-14H2,2-5H3,(H,22,26)/t16-/m0/s1. The van der Waals surface area contributed by atoms with Crippen molar-refractivity contribution < 1.29 is 9.53 Å². The maximum absolute atomic E-state index is 12.3. The molecule has 2 rings (SSSR count). The van der Waals surface area contributed by atoms with Crippen LogP contribution in [0.3, 0.4) is 0 Å². The highest BCUT2D eigenvalue weighted by Crippen LogP contribution is 2.30. The molecule has 0 saturated heterocycles. The molecule has 28 heavy (non-hydrogen) atoms. The molecular weight excluding hydrogens is 372 g/mol. The van der Waals surface area contributed by atoms with E-state index >= 15 is 0 Å². The zero-order valence-corrected chi connectivity index (χ0v) is 18.0. The van der Waals surface area contributed by atoms with Crippen LogP contribution in [0.5, 0.6) is 5.75 Å². The molecule has 1 atom stereocenters. The molecule has 0 saturated carbocycles. The van der Waals surface area contributed by atoms with Gasteiger partial charge in [-0.1, -0.05) is 43.8 Å². The van der Waals surface area contributed by atoms with Crippen LogP contribution < -0.4 is 10.1 Å². The molecule has 1 N–H and O–H groups in total. The van der Waals surface area contributed by atoms with Crippen molar-refractivity contribution in [1.29, 1.82) is 0 Å². The average molecular weight is 403 g/mol. The summed E-state index contributed by atoms with van der Waals surface area (Å²) >= 11 is 1.38. The number of nitrogens with one attached hydrogen (secondary N) is 1. The molecule has 0 unspecified atom stereocenters. The average Bonchev–Trinajstić information content (AvgIpc) is 3.07. The van der Waals surface area contributed by atoms with Crippen LogP contribution in [0.25, 0.3) is 11.4 Å². The van der Waals surface area contributed by atoms with E-state index in [0.29, 0.717) is 29.2 Å². The third-order valence-electron chi connectivity index (χ3n) is 4.29. The molecule has 1 aromatic heterocycles. The van der Waals surface area contributed by atoms with Gasteiger partial charge in [-0.15, -0.1) is 16.8 Å². The molecule has 7 heteroatoms. The number of rotatable bonds is 11. The smallest absolute Gasteiger partial charge is 0.230 e. The first kappa shape index (κ1) is 22.0. The van der Waals surface area contributed by atoms with Crippen LogP contribution in [0.2, 0.25) is 0 Å². The molecule has 0 radical (unpaired) electrons. The molecule has 0 aliphatic carbocycles. The second kappa shape index (κ2) is 10.9. The molecule has 0 spiro atoms. The number of amides is 1. The highest BCUT2D eigenvalue weighted by molar-refractivity contribution is 7.99. The van der Waals surface area contributed by atoms with Crippen molar-refractivity contribution in [2.24, 2.45) is 5.92 Å². The summed E-state index contributed by atoms with van der Waals surface area (Å²) in [6, 6.07) is 7.85. The van der Waals surface area contributed by atoms with Gasteiger partial charge in [-0.3, -0.25) is 9.36 Å². The number of carbonyl (C=O) groups is 1. The van der Waals surface area contributed by atoms with Gasteiger partial charge in [-0.25, -0.2) is 0 Å². The van der Waals surface area contributed by atoms with E-state index in [0.717, 1.165) is 24.2 Å². The number of carbonyl (C=O) groups excluding carboxylic acids is 1. The first-order valence-electron chi connectivity index (χ1n) is 9.55. The van der Waals surface area contributed by atoms with Crippen LogP contribution in [0.1, 0.15) is 33.6 Å². The van der Waals surface area contributed by atoms with Gasteiger partial charge in [-0.2, -0.15) is 0 Å². The molecule has 152 valence electrons. The fourth-order valence-corrected chi connectivity index (χ4v) is 3.58. The normalized spacial score (nSPS) is 12.0. The van der Waals surface area contributed by atoms with Crippen molar-refractivity contribution in [3.8, 4) is 17.1 Å². The molecule has 0 fully saturated rings. The summed E-state index contributed by atoms with van der Waals surface area (Å²) in [6.45, 7) is 10.8. The molecule has 6 nitrogen and oxygen atoms in total. The number of methoxy groups -OCH3 is 1. The number of allylic oxidation sites excluding steroid dienone is 1. The summed E-state index contributed by atoms with van der Waals surface area (Å²) in [7, 11) is 1.63. The Morgan fingerprint density at radius 3 is 2.71 bits per heavy atom. The van der Waals surface area contributed by atoms with Crippen molar-refractivity contribution in [3.63, 3.8) is 0 Å². The van der Waals surface area contributed by atoms with E-state index in [1.54, 1.807) is 13.2 Å². The SMILES string of the molecule is C=CCn1c(SCC(=O)N[C@@H](C)CCC(C)C)nnc1-c1ccccc1OC. The van der Waals surface area contributed by atoms with Gasteiger partial charge in [0, 0.05) is 12.6 Å². The molecule has 2 aromatic rings. The van der Waals surface area contributed by atoms with E-state index in [-0.39, 0.29) is 11.9 Å². The van der Waals surface area contributed by atoms with Crippen molar-refractivity contribution in [3.05, 3.63) is 36.9 Å². The third-order valence-corrected chi connectivity index (χ3v) is 5.26. The van der Waals surface area contributed by atoms with Gasteiger partial charge in [0.2, 0.25) is 5.91 Å². The number of aromatic nitrogens is 3. The van der Waals surface area contributed by atoms with Crippen molar-refractivity contribution in [2.45, 2.75) is 51.4 Å². The zero-order valence-electron chi connectivity index (χ0n) is 17.1. The summed E-state index contributed by atoms with van der Waals surface area (Å²) in [5, 5.41) is 12.4. The number of para-hydroxylation sites is 1. The third kappa shape index (κ3) is 6.12. The summed E-state index contributed by atoms with van der Waals surface area (Å²) in [5.74, 6) is 2.37. The highest BCUT2D eigenvalue weighted by Gasteiger charge is 2.18. The topological polar surface area (TPSA) is 69.0 Å². The lowest BCUT2D eigenvalue weighted by atomic mass is 10.0. The fraction of sp³-hybridized carbons (Fsp3) is 0.476. The van der Waals surface area contributed by atoms with E-state index in [2.05, 4.69) is 35.9 Å². The lowest BCUT2D eigenvalue weighted by Gasteiger charge is -2.15. The molecule has 0 aliphatic heterocycles. The Morgan fingerprint density at radius 1 is 1.29 bits per heavy atom. The minimum absolute atomic E-state index is 0.00764. The molecule has 1 amide bonds. The Hall–Kier alpha value is -2.28. The van der Waals surface area contributed by atoms with E-state index in [9.17, 15) is 4.79 Å². The summed E-state index contributed by atoms with van der Waals surface area (Å²) in [5.41, 5.74) is 0.859. The Balaban J connectivity index is 2.07. The Kier molecular flexibility index (Phi) is 8.57. The Bertz CT molecular complexity index is 788. The summed E-state index contributed by atoms with van der Waals surface area (Å²) in [4.78, 5) is 12.3. The molecule has 1 heterocycles. The van der Waals surface area contributed by atoms with Gasteiger partial charge in [0.1, 0.15) is 5.75 Å². The second-order valence-corrected chi connectivity index (χ2v) is 8.08. The second-order valence-electron chi connectivity index (χ2n) is 7.13. The Morgan fingerprint density at radius 2 is 2.04 bits per heavy atom. The summed E-state index contributed by atoms with van der Waals surface area (Å²) < 4.78 is 7.40. The molecule has 0 bridgehead atoms. The Labute approximate surface area is 171 Å². The fourth-order valence-electron chi connectivity index (χ4n) is 2.82. The van der Waals surface area contributed by atoms with Crippen molar-refractivity contribution in [2.75, 3.05) is 12.9 Å². The largest absolute Gasteiger partial charge is 0.496 e. The van der Waals surface area contributed by atoms with Crippen LogP contribution in [-0.2, 0) is 11.3 Å². The minimum atomic E-state index is 0.00764. The lowest BCUT2D eigenvalue weighted by molar-refractivity contribution is -0.119. The first-order chi connectivity index (χ1) is 13.5. The number of benzene rings is 1. The van der Waals surface area contributed by atoms with Gasteiger partial charge >= 0.3 is 0 Å². The predicted octanol–water partition coefficient (Wildman–Crippen LogP) is 4.17. The molecule has 1 aromatic carbocycles. The van der Waals surface area contributed by atoms with Gasteiger partial charge in [0.25, 0.3) is 0 Å². The minimum Gasteiger partial charge on any atom is -0.496 e. The van der Waals surface area contributed by atoms with E-state index in [1.165, 1.54) is 11.8 Å². The quantitative estimate of drug-likeness (QED) is 0.451. The number of nitrogens with zero attached hydrogens (tertiary/aromatic N) is 3. The van der Waals surface area contributed by atoms with Crippen molar-refractivity contribution in [1.82, 2.24) is 20.1 Å². The van der Waals surface area contributed by atoms with E-state index in [1.807, 2.05) is 35.8 Å². The maximum atomic E-state index is 12.3. The number of ether oxygens (including phenoxy) is 1. The van der Waals surface area contributed by atoms with E-state index < -0.39 is 0 Å². The van der Waals surface area contributed by atoms with E-state index in [4.69, 9.17) is 4.74 Å². The van der Waals surface area contributed by atoms with Gasteiger partial charge in [0.05, 0.1) is 18.4 Å². The van der Waals surface area contributed by atoms with Crippen molar-refractivity contribution >= 4 is 17.7 Å². The number of thioether (sulfide) groups is 1. The zero-order chi connectivity index (χ0) is 20.5.